The van der Waals surface area contributed by atoms with Crippen LogP contribution in [0.25, 0.3) is 0 Å². The molecule has 1 atom stereocenters. The highest BCUT2D eigenvalue weighted by atomic mass is 35.5. The number of rotatable bonds is 12. The van der Waals surface area contributed by atoms with Crippen LogP contribution in [0.15, 0.2) is 24.3 Å². The fourth-order valence-electron chi connectivity index (χ4n) is 2.75. The van der Waals surface area contributed by atoms with E-state index in [9.17, 15) is 9.59 Å². The SMILES string of the molecule is CC.CC(C)(C)OC(=O)NC(Cc1ccc(N(CCCl)CCCl)cc1)C(=O)NCCCN. The third-order valence-electron chi connectivity index (χ3n) is 4.14. The van der Waals surface area contributed by atoms with E-state index < -0.39 is 17.7 Å². The van der Waals surface area contributed by atoms with Gasteiger partial charge in [-0.3, -0.25) is 4.79 Å². The first-order chi connectivity index (χ1) is 15.2. The van der Waals surface area contributed by atoms with Crippen molar-refractivity contribution in [3.63, 3.8) is 0 Å². The zero-order valence-electron chi connectivity index (χ0n) is 20.0. The monoisotopic (exact) mass is 490 g/mol. The molecular weight excluding hydrogens is 451 g/mol. The van der Waals surface area contributed by atoms with E-state index in [0.717, 1.165) is 11.3 Å². The fraction of sp³-hybridized carbons (Fsp3) is 0.652. The topological polar surface area (TPSA) is 96.7 Å². The Morgan fingerprint density at radius 1 is 1.09 bits per heavy atom. The van der Waals surface area contributed by atoms with Gasteiger partial charge in [0.2, 0.25) is 5.91 Å². The number of anilines is 1. The lowest BCUT2D eigenvalue weighted by atomic mass is 10.0. The van der Waals surface area contributed by atoms with Crippen LogP contribution in [0.5, 0.6) is 0 Å². The lowest BCUT2D eigenvalue weighted by Crippen LogP contribution is -2.49. The minimum atomic E-state index is -0.759. The maximum absolute atomic E-state index is 12.6. The number of nitrogens with two attached hydrogens (primary N) is 1. The molecule has 0 aromatic heterocycles. The number of carbonyl (C=O) groups excluding carboxylic acids is 2. The number of hydrogen-bond donors (Lipinski definition) is 3. The maximum atomic E-state index is 12.6. The van der Waals surface area contributed by atoms with E-state index >= 15 is 0 Å². The van der Waals surface area contributed by atoms with Crippen molar-refractivity contribution in [1.29, 1.82) is 0 Å². The molecule has 0 fully saturated rings. The van der Waals surface area contributed by atoms with Gasteiger partial charge in [-0.2, -0.15) is 0 Å². The van der Waals surface area contributed by atoms with Gasteiger partial charge in [0.15, 0.2) is 0 Å². The van der Waals surface area contributed by atoms with Crippen LogP contribution in [0.2, 0.25) is 0 Å². The molecule has 1 unspecified atom stereocenters. The third-order valence-corrected chi connectivity index (χ3v) is 4.48. The average molecular weight is 492 g/mol. The van der Waals surface area contributed by atoms with E-state index in [4.69, 9.17) is 33.7 Å². The van der Waals surface area contributed by atoms with Gasteiger partial charge in [0.05, 0.1) is 0 Å². The molecule has 1 rings (SSSR count). The predicted octanol–water partition coefficient (Wildman–Crippen LogP) is 3.90. The Bertz CT molecular complexity index is 646. The molecule has 0 spiro atoms. The summed E-state index contributed by atoms with van der Waals surface area (Å²) in [6, 6.07) is 7.03. The molecule has 0 aliphatic carbocycles. The van der Waals surface area contributed by atoms with E-state index in [1.807, 2.05) is 38.1 Å². The van der Waals surface area contributed by atoms with Crippen LogP contribution >= 0.6 is 23.2 Å². The van der Waals surface area contributed by atoms with Gasteiger partial charge in [0, 0.05) is 43.5 Å². The normalized spacial score (nSPS) is 11.6. The van der Waals surface area contributed by atoms with Crippen molar-refractivity contribution in [2.75, 3.05) is 42.8 Å². The number of benzene rings is 1. The van der Waals surface area contributed by atoms with Crippen molar-refractivity contribution in [2.24, 2.45) is 5.73 Å². The zero-order chi connectivity index (χ0) is 24.6. The first-order valence-electron chi connectivity index (χ1n) is 11.1. The molecule has 32 heavy (non-hydrogen) atoms. The minimum Gasteiger partial charge on any atom is -0.444 e. The Hall–Kier alpha value is -1.70. The Morgan fingerprint density at radius 2 is 1.66 bits per heavy atom. The molecule has 184 valence electrons. The number of hydrogen-bond acceptors (Lipinski definition) is 5. The Morgan fingerprint density at radius 3 is 2.12 bits per heavy atom. The molecule has 0 radical (unpaired) electrons. The van der Waals surface area contributed by atoms with Gasteiger partial charge in [-0.05, 0) is 51.4 Å². The molecule has 7 nitrogen and oxygen atoms in total. The largest absolute Gasteiger partial charge is 0.444 e. The van der Waals surface area contributed by atoms with Crippen LogP contribution in [-0.2, 0) is 16.0 Å². The molecule has 0 saturated heterocycles. The van der Waals surface area contributed by atoms with Crippen LogP contribution in [0.1, 0.15) is 46.6 Å². The highest BCUT2D eigenvalue weighted by Crippen LogP contribution is 2.17. The summed E-state index contributed by atoms with van der Waals surface area (Å²) in [5, 5.41) is 5.49. The quantitative estimate of drug-likeness (QED) is 0.305. The smallest absolute Gasteiger partial charge is 0.408 e. The summed E-state index contributed by atoms with van der Waals surface area (Å²) in [5.74, 6) is 0.733. The summed E-state index contributed by atoms with van der Waals surface area (Å²) < 4.78 is 5.30. The molecule has 4 N–H and O–H groups in total. The van der Waals surface area contributed by atoms with Crippen molar-refractivity contribution < 1.29 is 14.3 Å². The van der Waals surface area contributed by atoms with Crippen molar-refractivity contribution in [3.8, 4) is 0 Å². The lowest BCUT2D eigenvalue weighted by Gasteiger charge is -2.24. The van der Waals surface area contributed by atoms with Crippen LogP contribution < -0.4 is 21.3 Å². The Kier molecular flexibility index (Phi) is 16.0. The van der Waals surface area contributed by atoms with E-state index in [0.29, 0.717) is 50.8 Å². The number of ether oxygens (including phenoxy) is 1. The molecule has 9 heteroatoms. The Labute approximate surface area is 203 Å². The van der Waals surface area contributed by atoms with Gasteiger partial charge in [-0.25, -0.2) is 4.79 Å². The zero-order valence-corrected chi connectivity index (χ0v) is 21.6. The summed E-state index contributed by atoms with van der Waals surface area (Å²) in [7, 11) is 0. The highest BCUT2D eigenvalue weighted by molar-refractivity contribution is 6.18. The molecule has 0 aliphatic rings. The number of carbonyl (C=O) groups is 2. The van der Waals surface area contributed by atoms with E-state index in [1.165, 1.54) is 0 Å². The number of alkyl carbamates (subject to hydrolysis) is 1. The number of amides is 2. The third kappa shape index (κ3) is 13.0. The molecule has 0 heterocycles. The van der Waals surface area contributed by atoms with E-state index in [2.05, 4.69) is 15.5 Å². The first-order valence-corrected chi connectivity index (χ1v) is 12.2. The van der Waals surface area contributed by atoms with Crippen molar-refractivity contribution in [1.82, 2.24) is 10.6 Å². The predicted molar refractivity (Wildman–Crippen MR) is 135 cm³/mol. The lowest BCUT2D eigenvalue weighted by molar-refractivity contribution is -0.123. The highest BCUT2D eigenvalue weighted by Gasteiger charge is 2.24. The van der Waals surface area contributed by atoms with Gasteiger partial charge in [0.1, 0.15) is 11.6 Å². The molecular formula is C23H40Cl2N4O3. The summed E-state index contributed by atoms with van der Waals surface area (Å²) in [6.07, 6.45) is 0.365. The van der Waals surface area contributed by atoms with Crippen molar-refractivity contribution >= 4 is 40.9 Å². The summed E-state index contributed by atoms with van der Waals surface area (Å²) in [6.45, 7) is 11.6. The minimum absolute atomic E-state index is 0.274. The van der Waals surface area contributed by atoms with E-state index in [1.54, 1.807) is 20.8 Å². The summed E-state index contributed by atoms with van der Waals surface area (Å²) in [4.78, 5) is 26.9. The van der Waals surface area contributed by atoms with Gasteiger partial charge in [-0.1, -0.05) is 26.0 Å². The molecule has 0 bridgehead atoms. The molecule has 2 amide bonds. The van der Waals surface area contributed by atoms with Gasteiger partial charge in [0.25, 0.3) is 0 Å². The first kappa shape index (κ1) is 30.3. The molecule has 0 saturated carbocycles. The summed E-state index contributed by atoms with van der Waals surface area (Å²) >= 11 is 11.7. The standard InChI is InChI=1S/C21H34Cl2N4O3.C2H6/c1-21(2,3)30-20(29)26-18(19(28)25-12-4-11-24)15-16-5-7-17(8-6-16)27(13-9-22)14-10-23;1-2/h5-8,18H,4,9-15,24H2,1-3H3,(H,25,28)(H,26,29);1-2H3. The van der Waals surface area contributed by atoms with Crippen LogP contribution in [-0.4, -0.2) is 61.6 Å². The Balaban J connectivity index is 0.00000466. The number of nitrogens with one attached hydrogen (secondary N) is 2. The second-order valence-electron chi connectivity index (χ2n) is 7.87. The molecule has 1 aromatic rings. The van der Waals surface area contributed by atoms with Crippen LogP contribution in [0.4, 0.5) is 10.5 Å². The average Bonchev–Trinajstić information content (AvgIpc) is 2.74. The maximum Gasteiger partial charge on any atom is 0.408 e. The van der Waals surface area contributed by atoms with E-state index in [-0.39, 0.29) is 5.91 Å². The van der Waals surface area contributed by atoms with Crippen molar-refractivity contribution in [2.45, 2.75) is 59.1 Å². The number of halogens is 2. The van der Waals surface area contributed by atoms with Crippen molar-refractivity contribution in [3.05, 3.63) is 29.8 Å². The molecule has 1 aromatic carbocycles. The second-order valence-corrected chi connectivity index (χ2v) is 8.62. The van der Waals surface area contributed by atoms with Gasteiger partial charge in [-0.15, -0.1) is 23.2 Å². The van der Waals surface area contributed by atoms with Crippen LogP contribution in [0.3, 0.4) is 0 Å². The molecule has 0 aliphatic heterocycles. The van der Waals surface area contributed by atoms with Crippen LogP contribution in [0, 0.1) is 0 Å². The van der Waals surface area contributed by atoms with Gasteiger partial charge < -0.3 is 26.0 Å². The second kappa shape index (κ2) is 16.9. The number of nitrogens with zero attached hydrogens (tertiary/aromatic N) is 1. The number of alkyl halides is 2. The fourth-order valence-corrected chi connectivity index (χ4v) is 3.16. The summed E-state index contributed by atoms with van der Waals surface area (Å²) in [5.41, 5.74) is 6.74. The van der Waals surface area contributed by atoms with Gasteiger partial charge >= 0.3 is 6.09 Å².